The van der Waals surface area contributed by atoms with E-state index in [0.717, 1.165) is 10.6 Å². The second kappa shape index (κ2) is 5.03. The van der Waals surface area contributed by atoms with Gasteiger partial charge in [0.25, 0.3) is 5.69 Å². The number of nitrogens with zero attached hydrogens (tertiary/aromatic N) is 2. The Labute approximate surface area is 112 Å². The highest BCUT2D eigenvalue weighted by Crippen LogP contribution is 2.32. The number of nitro benzene ring substituents is 1. The minimum atomic E-state index is -0.501. The van der Waals surface area contributed by atoms with Gasteiger partial charge in [-0.3, -0.25) is 10.1 Å². The summed E-state index contributed by atoms with van der Waals surface area (Å²) in [5.74, 6) is 0.552. The number of nitro groups is 1. The zero-order chi connectivity index (χ0) is 12.4. The van der Waals surface area contributed by atoms with Crippen molar-refractivity contribution in [2.24, 2.45) is 0 Å². The van der Waals surface area contributed by atoms with Crippen molar-refractivity contribution >= 4 is 41.3 Å². The molecule has 0 unspecified atom stereocenters. The molecule has 2 aromatic rings. The lowest BCUT2D eigenvalue weighted by Gasteiger charge is -2.01. The third-order valence-electron chi connectivity index (χ3n) is 2.20. The van der Waals surface area contributed by atoms with E-state index in [9.17, 15) is 10.1 Å². The summed E-state index contributed by atoms with van der Waals surface area (Å²) < 4.78 is 0. The zero-order valence-electron chi connectivity index (χ0n) is 8.46. The summed E-state index contributed by atoms with van der Waals surface area (Å²) >= 11 is 11.4. The summed E-state index contributed by atoms with van der Waals surface area (Å²) in [6.45, 7) is 0. The Morgan fingerprint density at radius 3 is 2.94 bits per heavy atom. The van der Waals surface area contributed by atoms with Crippen LogP contribution in [0.4, 0.5) is 5.69 Å². The van der Waals surface area contributed by atoms with Gasteiger partial charge < -0.3 is 0 Å². The molecule has 17 heavy (non-hydrogen) atoms. The lowest BCUT2D eigenvalue weighted by molar-refractivity contribution is -0.384. The van der Waals surface area contributed by atoms with E-state index in [1.165, 1.54) is 23.5 Å². The van der Waals surface area contributed by atoms with Crippen LogP contribution in [-0.2, 0) is 5.75 Å². The molecule has 0 aliphatic rings. The first-order valence-electron chi connectivity index (χ1n) is 4.61. The van der Waals surface area contributed by atoms with Gasteiger partial charge in [0.2, 0.25) is 0 Å². The second-order valence-electron chi connectivity index (χ2n) is 3.21. The van der Waals surface area contributed by atoms with Crippen LogP contribution in [0.5, 0.6) is 0 Å². The smallest absolute Gasteiger partial charge is 0.258 e. The Morgan fingerprint density at radius 2 is 2.29 bits per heavy atom. The molecule has 0 spiro atoms. The van der Waals surface area contributed by atoms with Crippen molar-refractivity contribution < 1.29 is 4.92 Å². The third kappa shape index (κ3) is 2.43. The van der Waals surface area contributed by atoms with Crippen molar-refractivity contribution in [2.45, 2.75) is 5.75 Å². The number of hydrogen-bond acceptors (Lipinski definition) is 5. The van der Waals surface area contributed by atoms with E-state index in [-0.39, 0.29) is 10.7 Å². The van der Waals surface area contributed by atoms with Gasteiger partial charge in [-0.25, -0.2) is 4.98 Å². The highest BCUT2D eigenvalue weighted by Gasteiger charge is 2.16. The maximum absolute atomic E-state index is 10.8. The predicted molar refractivity (Wildman–Crippen MR) is 71.9 cm³/mol. The van der Waals surface area contributed by atoms with Gasteiger partial charge in [0.1, 0.15) is 5.02 Å². The molecule has 0 radical (unpaired) electrons. The van der Waals surface area contributed by atoms with Crippen molar-refractivity contribution in [1.82, 2.24) is 4.98 Å². The SMILES string of the molecule is O=[N+]([O-])c1cc(-c2ncsc2CS)ccc1Cl. The molecule has 0 aliphatic heterocycles. The number of halogens is 1. The zero-order valence-corrected chi connectivity index (χ0v) is 10.9. The Morgan fingerprint density at radius 1 is 1.53 bits per heavy atom. The topological polar surface area (TPSA) is 56.0 Å². The van der Waals surface area contributed by atoms with Crippen LogP contribution in [0.1, 0.15) is 4.88 Å². The largest absolute Gasteiger partial charge is 0.288 e. The Bertz CT molecular complexity index is 571. The number of hydrogen-bond donors (Lipinski definition) is 1. The van der Waals surface area contributed by atoms with E-state index >= 15 is 0 Å². The summed E-state index contributed by atoms with van der Waals surface area (Å²) in [4.78, 5) is 15.5. The summed E-state index contributed by atoms with van der Waals surface area (Å²) in [5, 5.41) is 10.9. The van der Waals surface area contributed by atoms with Gasteiger partial charge in [-0.1, -0.05) is 17.7 Å². The molecule has 0 saturated carbocycles. The van der Waals surface area contributed by atoms with Gasteiger partial charge in [0, 0.05) is 22.3 Å². The molecule has 1 aromatic heterocycles. The quantitative estimate of drug-likeness (QED) is 0.530. The summed E-state index contributed by atoms with van der Waals surface area (Å²) in [6, 6.07) is 4.66. The van der Waals surface area contributed by atoms with Crippen molar-refractivity contribution in [1.29, 1.82) is 0 Å². The van der Waals surface area contributed by atoms with Crippen LogP contribution in [0.3, 0.4) is 0 Å². The summed E-state index contributed by atoms with van der Waals surface area (Å²) in [5.41, 5.74) is 3.00. The average Bonchev–Trinajstić information content (AvgIpc) is 2.77. The van der Waals surface area contributed by atoms with Gasteiger partial charge in [0.15, 0.2) is 0 Å². The highest BCUT2D eigenvalue weighted by atomic mass is 35.5. The van der Waals surface area contributed by atoms with Crippen molar-refractivity contribution in [2.75, 3.05) is 0 Å². The van der Waals surface area contributed by atoms with E-state index in [1.54, 1.807) is 11.6 Å². The van der Waals surface area contributed by atoms with Crippen LogP contribution in [0.15, 0.2) is 23.7 Å². The molecule has 0 saturated heterocycles. The van der Waals surface area contributed by atoms with Gasteiger partial charge in [-0.2, -0.15) is 12.6 Å². The van der Waals surface area contributed by atoms with Crippen molar-refractivity contribution in [3.05, 3.63) is 43.7 Å². The lowest BCUT2D eigenvalue weighted by atomic mass is 10.1. The fraction of sp³-hybridized carbons (Fsp3) is 0.100. The van der Waals surface area contributed by atoms with E-state index in [4.69, 9.17) is 11.6 Å². The molecular weight excluding hydrogens is 280 g/mol. The standard InChI is InChI=1S/C10H7ClN2O2S2/c11-7-2-1-6(3-8(7)13(14)15)10-9(4-16)17-5-12-10/h1-3,5,16H,4H2. The lowest BCUT2D eigenvalue weighted by Crippen LogP contribution is -1.91. The van der Waals surface area contributed by atoms with Crippen LogP contribution < -0.4 is 0 Å². The minimum Gasteiger partial charge on any atom is -0.258 e. The van der Waals surface area contributed by atoms with Crippen molar-refractivity contribution in [3.8, 4) is 11.3 Å². The Balaban J connectivity index is 2.54. The van der Waals surface area contributed by atoms with E-state index in [2.05, 4.69) is 17.6 Å². The Hall–Kier alpha value is -1.11. The molecule has 0 N–H and O–H groups in total. The first kappa shape index (κ1) is 12.3. The van der Waals surface area contributed by atoms with Crippen LogP contribution >= 0.6 is 35.6 Å². The number of thiol groups is 1. The van der Waals surface area contributed by atoms with Crippen LogP contribution in [0, 0.1) is 10.1 Å². The monoisotopic (exact) mass is 286 g/mol. The molecular formula is C10H7ClN2O2S2. The maximum atomic E-state index is 10.8. The third-order valence-corrected chi connectivity index (χ3v) is 3.88. The van der Waals surface area contributed by atoms with Crippen molar-refractivity contribution in [3.63, 3.8) is 0 Å². The molecule has 0 amide bonds. The van der Waals surface area contributed by atoms with Gasteiger partial charge in [-0.05, 0) is 6.07 Å². The summed E-state index contributed by atoms with van der Waals surface area (Å²) in [6.07, 6.45) is 0. The predicted octanol–water partition coefficient (Wildman–Crippen LogP) is 3.80. The summed E-state index contributed by atoms with van der Waals surface area (Å²) in [7, 11) is 0. The molecule has 1 heterocycles. The van der Waals surface area contributed by atoms with Crippen LogP contribution in [0.25, 0.3) is 11.3 Å². The average molecular weight is 287 g/mol. The molecule has 0 atom stereocenters. The number of benzene rings is 1. The normalized spacial score (nSPS) is 10.5. The fourth-order valence-electron chi connectivity index (χ4n) is 1.42. The first-order chi connectivity index (χ1) is 8.13. The number of rotatable bonds is 3. The first-order valence-corrected chi connectivity index (χ1v) is 6.50. The van der Waals surface area contributed by atoms with Gasteiger partial charge in [-0.15, -0.1) is 11.3 Å². The van der Waals surface area contributed by atoms with Crippen LogP contribution in [-0.4, -0.2) is 9.91 Å². The van der Waals surface area contributed by atoms with Crippen LogP contribution in [0.2, 0.25) is 5.02 Å². The van der Waals surface area contributed by atoms with E-state index < -0.39 is 4.92 Å². The fourth-order valence-corrected chi connectivity index (χ4v) is 2.62. The molecule has 88 valence electrons. The second-order valence-corrected chi connectivity index (χ2v) is 4.87. The molecule has 4 nitrogen and oxygen atoms in total. The number of aromatic nitrogens is 1. The molecule has 0 fully saturated rings. The van der Waals surface area contributed by atoms with E-state index in [1.807, 2.05) is 0 Å². The molecule has 7 heteroatoms. The minimum absolute atomic E-state index is 0.109. The van der Waals surface area contributed by atoms with Gasteiger partial charge >= 0.3 is 0 Å². The molecule has 1 aromatic carbocycles. The van der Waals surface area contributed by atoms with E-state index in [0.29, 0.717) is 11.3 Å². The molecule has 0 aliphatic carbocycles. The highest BCUT2D eigenvalue weighted by molar-refractivity contribution is 7.79. The molecule has 2 rings (SSSR count). The maximum Gasteiger partial charge on any atom is 0.288 e. The molecule has 0 bridgehead atoms. The number of thiazole rings is 1. The Kier molecular flexibility index (Phi) is 3.66. The van der Waals surface area contributed by atoms with Gasteiger partial charge in [0.05, 0.1) is 16.1 Å².